The number of nitrogens with zero attached hydrogens (tertiary/aromatic N) is 1. The molecule has 2 rings (SSSR count). The zero-order valence-corrected chi connectivity index (χ0v) is 15.4. The summed E-state index contributed by atoms with van der Waals surface area (Å²) in [4.78, 5) is 0. The van der Waals surface area contributed by atoms with Crippen LogP contribution in [0.15, 0.2) is 30.3 Å². The summed E-state index contributed by atoms with van der Waals surface area (Å²) in [6.45, 7) is 16.3. The van der Waals surface area contributed by atoms with Crippen molar-refractivity contribution in [2.45, 2.75) is 58.9 Å². The Morgan fingerprint density at radius 3 is 1.90 bits per heavy atom. The molecule has 1 aromatic rings. The van der Waals surface area contributed by atoms with Crippen LogP contribution in [0.5, 0.6) is 0 Å². The zero-order valence-electron chi connectivity index (χ0n) is 14.4. The van der Waals surface area contributed by atoms with Gasteiger partial charge in [-0.1, -0.05) is 50.3 Å². The molecule has 0 spiro atoms. The van der Waals surface area contributed by atoms with E-state index in [0.29, 0.717) is 0 Å². The lowest BCUT2D eigenvalue weighted by molar-refractivity contribution is 0.00578. The van der Waals surface area contributed by atoms with Crippen LogP contribution in [0.3, 0.4) is 0 Å². The molecule has 1 saturated heterocycles. The molecule has 0 amide bonds. The van der Waals surface area contributed by atoms with Crippen LogP contribution in [0.1, 0.15) is 34.6 Å². The Morgan fingerprint density at radius 2 is 1.48 bits per heavy atom. The molecular formula is C16H28BNO2Si. The van der Waals surface area contributed by atoms with Crippen LogP contribution in [-0.2, 0) is 9.31 Å². The number of hydrogen-bond acceptors (Lipinski definition) is 3. The highest BCUT2D eigenvalue weighted by atomic mass is 28.3. The summed E-state index contributed by atoms with van der Waals surface area (Å²) in [5.74, 6) is 0. The predicted octanol–water partition coefficient (Wildman–Crippen LogP) is 3.01. The summed E-state index contributed by atoms with van der Waals surface area (Å²) in [6, 6.07) is 10.7. The molecule has 116 valence electrons. The van der Waals surface area contributed by atoms with Crippen molar-refractivity contribution in [3.63, 3.8) is 0 Å². The van der Waals surface area contributed by atoms with E-state index in [2.05, 4.69) is 82.5 Å². The number of rotatable bonds is 4. The van der Waals surface area contributed by atoms with E-state index >= 15 is 0 Å². The lowest BCUT2D eigenvalue weighted by Gasteiger charge is -2.37. The highest BCUT2D eigenvalue weighted by molar-refractivity contribution is 6.92. The van der Waals surface area contributed by atoms with E-state index < -0.39 is 8.24 Å². The molecule has 1 fully saturated rings. The summed E-state index contributed by atoms with van der Waals surface area (Å²) in [6.07, 6.45) is 0. The van der Waals surface area contributed by atoms with E-state index in [-0.39, 0.29) is 18.5 Å². The first-order chi connectivity index (χ1) is 9.62. The van der Waals surface area contributed by atoms with Crippen LogP contribution in [0.2, 0.25) is 13.1 Å². The van der Waals surface area contributed by atoms with E-state index in [1.54, 1.807) is 0 Å². The second kappa shape index (κ2) is 5.54. The molecule has 1 aliphatic rings. The standard InChI is InChI=1S/C16H28BNO2Si/c1-8-18(17-19-15(2,3)16(4,5)20-17)21(6,7)14-12-10-9-11-13-14/h9-13H,8H2,1-7H3. The minimum Gasteiger partial charge on any atom is -0.390 e. The first-order valence-electron chi connectivity index (χ1n) is 7.80. The molecule has 0 saturated carbocycles. The number of benzene rings is 1. The lowest BCUT2D eigenvalue weighted by Crippen LogP contribution is -2.64. The van der Waals surface area contributed by atoms with Crippen LogP contribution in [-0.4, -0.2) is 37.7 Å². The first kappa shape index (κ1) is 16.7. The SMILES string of the molecule is CCN(B1OC(C)(C)C(C)(C)O1)[Si](C)(C)c1ccccc1. The maximum Gasteiger partial charge on any atom is 0.551 e. The second-order valence-electron chi connectivity index (χ2n) is 7.27. The van der Waals surface area contributed by atoms with Gasteiger partial charge in [-0.05, 0) is 39.4 Å². The average molecular weight is 305 g/mol. The lowest BCUT2D eigenvalue weighted by atomic mass is 9.90. The van der Waals surface area contributed by atoms with Gasteiger partial charge < -0.3 is 13.8 Å². The largest absolute Gasteiger partial charge is 0.551 e. The molecule has 0 radical (unpaired) electrons. The Morgan fingerprint density at radius 1 is 1.00 bits per heavy atom. The normalized spacial score (nSPS) is 21.0. The van der Waals surface area contributed by atoms with Gasteiger partial charge in [-0.25, -0.2) is 0 Å². The average Bonchev–Trinajstić information content (AvgIpc) is 2.59. The fourth-order valence-electron chi connectivity index (χ4n) is 2.76. The Bertz CT molecular complexity index is 474. The molecule has 3 nitrogen and oxygen atoms in total. The van der Waals surface area contributed by atoms with Gasteiger partial charge in [0, 0.05) is 0 Å². The van der Waals surface area contributed by atoms with Gasteiger partial charge in [-0.15, -0.1) is 0 Å². The molecule has 21 heavy (non-hydrogen) atoms. The Hall–Kier alpha value is -0.618. The van der Waals surface area contributed by atoms with Gasteiger partial charge in [0.05, 0.1) is 11.2 Å². The summed E-state index contributed by atoms with van der Waals surface area (Å²) < 4.78 is 14.9. The van der Waals surface area contributed by atoms with E-state index in [1.807, 2.05) is 0 Å². The molecule has 1 aromatic carbocycles. The highest BCUT2D eigenvalue weighted by Crippen LogP contribution is 2.38. The van der Waals surface area contributed by atoms with Crippen LogP contribution in [0, 0.1) is 0 Å². The molecule has 0 aliphatic carbocycles. The molecule has 0 unspecified atom stereocenters. The number of hydrogen-bond donors (Lipinski definition) is 0. The third-order valence-corrected chi connectivity index (χ3v) is 8.74. The minimum atomic E-state index is -1.82. The van der Waals surface area contributed by atoms with Gasteiger partial charge in [-0.2, -0.15) is 0 Å². The molecule has 1 aliphatic heterocycles. The van der Waals surface area contributed by atoms with Crippen LogP contribution in [0.4, 0.5) is 0 Å². The van der Waals surface area contributed by atoms with E-state index in [1.165, 1.54) is 5.19 Å². The molecule has 0 N–H and O–H groups in total. The van der Waals surface area contributed by atoms with Crippen molar-refractivity contribution < 1.29 is 9.31 Å². The molecule has 0 aromatic heterocycles. The van der Waals surface area contributed by atoms with Crippen molar-refractivity contribution in [3.05, 3.63) is 30.3 Å². The maximum atomic E-state index is 6.26. The van der Waals surface area contributed by atoms with E-state index in [4.69, 9.17) is 9.31 Å². The van der Waals surface area contributed by atoms with E-state index in [9.17, 15) is 0 Å². The van der Waals surface area contributed by atoms with Crippen LogP contribution >= 0.6 is 0 Å². The van der Waals surface area contributed by atoms with Gasteiger partial charge in [0.1, 0.15) is 8.24 Å². The Kier molecular flexibility index (Phi) is 4.42. The third kappa shape index (κ3) is 2.97. The summed E-state index contributed by atoms with van der Waals surface area (Å²) >= 11 is 0. The van der Waals surface area contributed by atoms with Crippen molar-refractivity contribution in [2.24, 2.45) is 0 Å². The first-order valence-corrected chi connectivity index (χ1v) is 10.7. The molecular weight excluding hydrogens is 277 g/mol. The van der Waals surface area contributed by atoms with Crippen LogP contribution < -0.4 is 5.19 Å². The van der Waals surface area contributed by atoms with Gasteiger partial charge in [-0.3, -0.25) is 0 Å². The minimum absolute atomic E-state index is 0.262. The second-order valence-corrected chi connectivity index (χ2v) is 11.5. The zero-order chi connectivity index (χ0) is 15.9. The quantitative estimate of drug-likeness (QED) is 0.798. The van der Waals surface area contributed by atoms with Gasteiger partial charge >= 0.3 is 7.25 Å². The molecule has 1 heterocycles. The molecule has 0 atom stereocenters. The van der Waals surface area contributed by atoms with Gasteiger partial charge in [0.25, 0.3) is 0 Å². The topological polar surface area (TPSA) is 21.7 Å². The smallest absolute Gasteiger partial charge is 0.390 e. The predicted molar refractivity (Wildman–Crippen MR) is 92.0 cm³/mol. The van der Waals surface area contributed by atoms with Crippen LogP contribution in [0.25, 0.3) is 0 Å². The summed E-state index contributed by atoms with van der Waals surface area (Å²) in [7, 11) is -2.08. The Balaban J connectivity index is 2.29. The van der Waals surface area contributed by atoms with Crippen molar-refractivity contribution in [1.82, 2.24) is 4.48 Å². The van der Waals surface area contributed by atoms with Crippen molar-refractivity contribution in [3.8, 4) is 0 Å². The fourth-order valence-corrected chi connectivity index (χ4v) is 5.52. The van der Waals surface area contributed by atoms with E-state index in [0.717, 1.165) is 6.54 Å². The molecule has 5 heteroatoms. The van der Waals surface area contributed by atoms with Gasteiger partial charge in [0.15, 0.2) is 0 Å². The van der Waals surface area contributed by atoms with Crippen molar-refractivity contribution in [1.29, 1.82) is 0 Å². The van der Waals surface area contributed by atoms with Gasteiger partial charge in [0.2, 0.25) is 0 Å². The fraction of sp³-hybridized carbons (Fsp3) is 0.625. The summed E-state index contributed by atoms with van der Waals surface area (Å²) in [5.41, 5.74) is -0.571. The summed E-state index contributed by atoms with van der Waals surface area (Å²) in [5, 5.41) is 1.40. The monoisotopic (exact) mass is 305 g/mol. The maximum absolute atomic E-state index is 6.26. The van der Waals surface area contributed by atoms with Crippen molar-refractivity contribution in [2.75, 3.05) is 6.54 Å². The Labute approximate surface area is 130 Å². The van der Waals surface area contributed by atoms with Crippen molar-refractivity contribution >= 4 is 20.7 Å². The third-order valence-electron chi connectivity index (χ3n) is 5.03. The highest BCUT2D eigenvalue weighted by Gasteiger charge is 2.56. The molecule has 0 bridgehead atoms.